The average Bonchev–Trinajstić information content (AvgIpc) is 2.57. The molecule has 0 spiro atoms. The van der Waals surface area contributed by atoms with Gasteiger partial charge in [-0.05, 0) is 37.9 Å². The first-order valence-electron chi connectivity index (χ1n) is 7.57. The van der Waals surface area contributed by atoms with Crippen molar-refractivity contribution in [2.24, 2.45) is 5.73 Å². The van der Waals surface area contributed by atoms with Crippen molar-refractivity contribution in [2.75, 3.05) is 26.2 Å². The molecule has 1 amide bonds. The van der Waals surface area contributed by atoms with Crippen LogP contribution >= 0.6 is 0 Å². The van der Waals surface area contributed by atoms with Gasteiger partial charge in [-0.2, -0.15) is 0 Å². The molecule has 0 aromatic heterocycles. The second kappa shape index (κ2) is 8.02. The van der Waals surface area contributed by atoms with Crippen LogP contribution in [0, 0.1) is 0 Å². The largest absolute Gasteiger partial charge is 0.343 e. The van der Waals surface area contributed by atoms with Gasteiger partial charge in [-0.3, -0.25) is 4.79 Å². The Morgan fingerprint density at radius 2 is 2.05 bits per heavy atom. The van der Waals surface area contributed by atoms with E-state index in [0.29, 0.717) is 13.0 Å². The smallest absolute Gasteiger partial charge is 0.224 e. The van der Waals surface area contributed by atoms with Gasteiger partial charge in [-0.25, -0.2) is 0 Å². The summed E-state index contributed by atoms with van der Waals surface area (Å²) in [6, 6.07) is 10.4. The summed E-state index contributed by atoms with van der Waals surface area (Å²) in [4.78, 5) is 14.4. The summed E-state index contributed by atoms with van der Waals surface area (Å²) in [6.07, 6.45) is 3.59. The third kappa shape index (κ3) is 4.32. The van der Waals surface area contributed by atoms with Gasteiger partial charge in [0.25, 0.3) is 0 Å². The number of benzene rings is 1. The highest BCUT2D eigenvalue weighted by molar-refractivity contribution is 5.77. The van der Waals surface area contributed by atoms with Crippen LogP contribution in [0.1, 0.15) is 37.3 Å². The summed E-state index contributed by atoms with van der Waals surface area (Å²) < 4.78 is 0. The van der Waals surface area contributed by atoms with Crippen LogP contribution in [0.3, 0.4) is 0 Å². The number of hydrogen-bond acceptors (Lipinski definition) is 3. The van der Waals surface area contributed by atoms with Crippen LogP contribution in [-0.4, -0.2) is 37.0 Å². The maximum Gasteiger partial charge on any atom is 0.224 e. The van der Waals surface area contributed by atoms with Gasteiger partial charge in [0.05, 0.1) is 0 Å². The van der Waals surface area contributed by atoms with E-state index in [1.807, 2.05) is 23.1 Å². The maximum atomic E-state index is 12.5. The van der Waals surface area contributed by atoms with Crippen molar-refractivity contribution >= 4 is 5.91 Å². The van der Waals surface area contributed by atoms with Crippen molar-refractivity contribution in [1.29, 1.82) is 0 Å². The van der Waals surface area contributed by atoms with Crippen LogP contribution in [0.5, 0.6) is 0 Å². The molecule has 0 unspecified atom stereocenters. The Hall–Kier alpha value is -1.39. The number of nitrogens with one attached hydrogen (secondary N) is 1. The number of rotatable bonds is 4. The monoisotopic (exact) mass is 275 g/mol. The lowest BCUT2D eigenvalue weighted by molar-refractivity contribution is -0.131. The molecule has 1 saturated heterocycles. The van der Waals surface area contributed by atoms with Gasteiger partial charge in [0.1, 0.15) is 0 Å². The normalized spacial score (nSPS) is 21.1. The van der Waals surface area contributed by atoms with Gasteiger partial charge >= 0.3 is 0 Å². The second-order valence-corrected chi connectivity index (χ2v) is 5.35. The van der Waals surface area contributed by atoms with Crippen molar-refractivity contribution in [3.05, 3.63) is 35.9 Å². The Morgan fingerprint density at radius 3 is 2.80 bits per heavy atom. The molecule has 1 aliphatic rings. The molecule has 1 fully saturated rings. The third-order valence-electron chi connectivity index (χ3n) is 3.81. The molecule has 1 heterocycles. The zero-order chi connectivity index (χ0) is 14.2. The van der Waals surface area contributed by atoms with Gasteiger partial charge in [-0.15, -0.1) is 0 Å². The quantitative estimate of drug-likeness (QED) is 0.879. The Morgan fingerprint density at radius 1 is 1.25 bits per heavy atom. The number of nitrogens with two attached hydrogens (primary N) is 1. The van der Waals surface area contributed by atoms with Gasteiger partial charge in [-0.1, -0.05) is 30.3 Å². The highest BCUT2D eigenvalue weighted by Crippen LogP contribution is 2.19. The number of hydrogen-bond donors (Lipinski definition) is 2. The first-order valence-corrected chi connectivity index (χ1v) is 7.57. The first-order chi connectivity index (χ1) is 9.81. The molecule has 4 nitrogen and oxygen atoms in total. The van der Waals surface area contributed by atoms with E-state index in [1.54, 1.807) is 0 Å². The second-order valence-electron chi connectivity index (χ2n) is 5.35. The minimum Gasteiger partial charge on any atom is -0.343 e. The zero-order valence-electron chi connectivity index (χ0n) is 12.1. The Kier molecular flexibility index (Phi) is 6.02. The Bertz CT molecular complexity index is 407. The van der Waals surface area contributed by atoms with Crippen molar-refractivity contribution in [2.45, 2.75) is 31.7 Å². The van der Waals surface area contributed by atoms with E-state index in [0.717, 1.165) is 38.9 Å². The molecule has 0 radical (unpaired) electrons. The standard InChI is InChI=1S/C16H25N3O/c17-9-6-12-19-11-5-4-10-18-15(13-16(19)20)14-7-2-1-3-8-14/h1-3,7-8,15,18H,4-6,9-13,17H2/t15-/m0/s1. The molecule has 4 heteroatoms. The molecule has 0 aliphatic carbocycles. The SMILES string of the molecule is NCCCN1CCCCN[C@H](c2ccccc2)CC1=O. The van der Waals surface area contributed by atoms with Gasteiger partial charge < -0.3 is 16.0 Å². The lowest BCUT2D eigenvalue weighted by atomic mass is 10.0. The summed E-state index contributed by atoms with van der Waals surface area (Å²) in [5, 5.41) is 3.51. The van der Waals surface area contributed by atoms with E-state index in [2.05, 4.69) is 17.4 Å². The van der Waals surface area contributed by atoms with Crippen LogP contribution in [0.4, 0.5) is 0 Å². The zero-order valence-corrected chi connectivity index (χ0v) is 12.1. The van der Waals surface area contributed by atoms with E-state index in [4.69, 9.17) is 5.73 Å². The Balaban J connectivity index is 2.05. The van der Waals surface area contributed by atoms with Crippen LogP contribution in [0.15, 0.2) is 30.3 Å². The summed E-state index contributed by atoms with van der Waals surface area (Å²) in [6.45, 7) is 3.26. The summed E-state index contributed by atoms with van der Waals surface area (Å²) in [7, 11) is 0. The lowest BCUT2D eigenvalue weighted by Gasteiger charge is -2.24. The fourth-order valence-corrected chi connectivity index (χ4v) is 2.64. The molecule has 0 bridgehead atoms. The van der Waals surface area contributed by atoms with Gasteiger partial charge in [0, 0.05) is 25.6 Å². The first kappa shape index (κ1) is 15.0. The van der Waals surface area contributed by atoms with E-state index in [1.165, 1.54) is 5.56 Å². The third-order valence-corrected chi connectivity index (χ3v) is 3.81. The van der Waals surface area contributed by atoms with Crippen molar-refractivity contribution in [1.82, 2.24) is 10.2 Å². The molecule has 1 aromatic rings. The molecule has 1 aromatic carbocycles. The minimum atomic E-state index is 0.127. The summed E-state index contributed by atoms with van der Waals surface area (Å²) in [5.41, 5.74) is 6.76. The Labute approximate surface area is 121 Å². The van der Waals surface area contributed by atoms with Crippen LogP contribution < -0.4 is 11.1 Å². The molecular weight excluding hydrogens is 250 g/mol. The highest BCUT2D eigenvalue weighted by atomic mass is 16.2. The molecule has 3 N–H and O–H groups in total. The van der Waals surface area contributed by atoms with Gasteiger partial charge in [0.2, 0.25) is 5.91 Å². The van der Waals surface area contributed by atoms with E-state index >= 15 is 0 Å². The fraction of sp³-hybridized carbons (Fsp3) is 0.562. The van der Waals surface area contributed by atoms with Crippen LogP contribution in [-0.2, 0) is 4.79 Å². The van der Waals surface area contributed by atoms with Crippen molar-refractivity contribution in [3.63, 3.8) is 0 Å². The number of amides is 1. The lowest BCUT2D eigenvalue weighted by Crippen LogP contribution is -2.35. The number of nitrogens with zero attached hydrogens (tertiary/aromatic N) is 1. The van der Waals surface area contributed by atoms with Crippen molar-refractivity contribution in [3.8, 4) is 0 Å². The number of carbonyl (C=O) groups is 1. The molecule has 2 rings (SSSR count). The maximum absolute atomic E-state index is 12.5. The van der Waals surface area contributed by atoms with E-state index < -0.39 is 0 Å². The van der Waals surface area contributed by atoms with Crippen LogP contribution in [0.2, 0.25) is 0 Å². The summed E-state index contributed by atoms with van der Waals surface area (Å²) >= 11 is 0. The molecule has 1 aliphatic heterocycles. The molecule has 110 valence electrons. The number of carbonyl (C=O) groups excluding carboxylic acids is 1. The predicted molar refractivity (Wildman–Crippen MR) is 81.3 cm³/mol. The van der Waals surface area contributed by atoms with Crippen molar-refractivity contribution < 1.29 is 4.79 Å². The van der Waals surface area contributed by atoms with Crippen LogP contribution in [0.25, 0.3) is 0 Å². The predicted octanol–water partition coefficient (Wildman–Crippen LogP) is 1.68. The molecule has 0 saturated carbocycles. The molecule has 20 heavy (non-hydrogen) atoms. The average molecular weight is 275 g/mol. The minimum absolute atomic E-state index is 0.127. The van der Waals surface area contributed by atoms with Gasteiger partial charge in [0.15, 0.2) is 0 Å². The highest BCUT2D eigenvalue weighted by Gasteiger charge is 2.21. The fourth-order valence-electron chi connectivity index (χ4n) is 2.64. The molecular formula is C16H25N3O. The topological polar surface area (TPSA) is 58.4 Å². The summed E-state index contributed by atoms with van der Waals surface area (Å²) in [5.74, 6) is 0.238. The molecule has 1 atom stereocenters. The van der Waals surface area contributed by atoms with E-state index in [9.17, 15) is 4.79 Å². The van der Waals surface area contributed by atoms with E-state index in [-0.39, 0.29) is 11.9 Å².